The lowest BCUT2D eigenvalue weighted by Crippen LogP contribution is -1.92. The lowest BCUT2D eigenvalue weighted by Gasteiger charge is -1.97. The second-order valence-electron chi connectivity index (χ2n) is 2.35. The van der Waals surface area contributed by atoms with Gasteiger partial charge in [-0.3, -0.25) is 0 Å². The van der Waals surface area contributed by atoms with Crippen LogP contribution in [0.4, 0.5) is 0 Å². The molecule has 0 fully saturated rings. The second-order valence-corrected chi connectivity index (χ2v) is 2.35. The molecule has 0 atom stereocenters. The van der Waals surface area contributed by atoms with Crippen LogP contribution >= 0.6 is 0 Å². The van der Waals surface area contributed by atoms with Crippen molar-refractivity contribution in [1.29, 1.82) is 0 Å². The van der Waals surface area contributed by atoms with E-state index in [1.165, 1.54) is 0 Å². The van der Waals surface area contributed by atoms with Gasteiger partial charge in [-0.25, -0.2) is 0 Å². The Bertz CT molecular complexity index is 270. The van der Waals surface area contributed by atoms with E-state index >= 15 is 0 Å². The van der Waals surface area contributed by atoms with Crippen LogP contribution < -0.4 is 9.47 Å². The number of hydrogen-bond acceptors (Lipinski definition) is 3. The quantitative estimate of drug-likeness (QED) is 0.653. The molecular weight excluding hydrogens is 146 g/mol. The van der Waals surface area contributed by atoms with E-state index in [1.54, 1.807) is 12.1 Å². The average Bonchev–Trinajstić information content (AvgIpc) is 2.50. The van der Waals surface area contributed by atoms with Crippen LogP contribution in [-0.4, -0.2) is 11.9 Å². The van der Waals surface area contributed by atoms with Crippen LogP contribution in [0.1, 0.15) is 5.56 Å². The summed E-state index contributed by atoms with van der Waals surface area (Å²) in [5, 5.41) is 8.77. The Kier molecular flexibility index (Phi) is 1.43. The van der Waals surface area contributed by atoms with E-state index in [9.17, 15) is 0 Å². The van der Waals surface area contributed by atoms with Crippen LogP contribution in [0.5, 0.6) is 11.5 Å². The molecule has 0 radical (unpaired) electrons. The number of aliphatic hydroxyl groups is 1. The summed E-state index contributed by atoms with van der Waals surface area (Å²) in [6, 6.07) is 5.39. The first-order valence-electron chi connectivity index (χ1n) is 3.39. The maximum absolute atomic E-state index is 8.77. The topological polar surface area (TPSA) is 38.7 Å². The summed E-state index contributed by atoms with van der Waals surface area (Å²) >= 11 is 0. The van der Waals surface area contributed by atoms with E-state index in [-0.39, 0.29) is 13.4 Å². The first-order chi connectivity index (χ1) is 5.40. The average molecular weight is 154 g/mol. The van der Waals surface area contributed by atoms with Crippen molar-refractivity contribution in [3.8, 4) is 11.5 Å². The van der Waals surface area contributed by atoms with Gasteiger partial charge in [-0.1, -0.05) is 6.07 Å². The summed E-state index contributed by atoms with van der Waals surface area (Å²) < 4.78 is 10.2. The van der Waals surface area contributed by atoms with Gasteiger partial charge in [0.25, 0.3) is 0 Å². The van der Waals surface area contributed by atoms with Crippen molar-refractivity contribution in [2.75, 3.05) is 6.79 Å². The van der Waals surface area contributed by atoms with E-state index in [0.29, 0.717) is 0 Å². The monoisotopic (exact) mass is 154 g/mol. The van der Waals surface area contributed by atoms with Gasteiger partial charge in [0, 0.05) is 0 Å². The van der Waals surface area contributed by atoms with Gasteiger partial charge >= 0.3 is 0 Å². The van der Waals surface area contributed by atoms with Crippen molar-refractivity contribution in [1.82, 2.24) is 0 Å². The summed E-state index contributed by atoms with van der Waals surface area (Å²) in [7, 11) is 0. The zero-order chi connectivity index (χ0) is 7.68. The van der Waals surface area contributed by atoms with Gasteiger partial charge in [0.15, 0.2) is 11.5 Å². The zero-order valence-corrected chi connectivity index (χ0v) is 5.91. The highest BCUT2D eigenvalue weighted by atomic mass is 16.7. The minimum atomic E-state index is 0.0383. The molecule has 0 amide bonds. The van der Waals surface area contributed by atoms with Gasteiger partial charge in [0.05, 0.1) is 6.61 Å². The highest BCUT2D eigenvalue weighted by molar-refractivity contribution is 5.44. The molecule has 0 bridgehead atoms. The Morgan fingerprint density at radius 1 is 1.27 bits per heavy atom. The summed E-state index contributed by atoms with van der Waals surface area (Å²) in [5.41, 5.74) is 0.842. The molecular formula is C8H8O3. The maximum atomic E-state index is 8.77. The zero-order valence-electron chi connectivity index (χ0n) is 5.91. The third-order valence-electron chi connectivity index (χ3n) is 1.62. The Balaban J connectivity index is 2.41. The van der Waals surface area contributed by atoms with Gasteiger partial charge in [-0.2, -0.15) is 0 Å². The molecule has 3 heteroatoms. The molecule has 0 unspecified atom stereocenters. The SMILES string of the molecule is O[14CH2]c1ccc2c(c1)OCO2. The van der Waals surface area contributed by atoms with Gasteiger partial charge in [0.1, 0.15) is 0 Å². The summed E-state index contributed by atoms with van der Waals surface area (Å²) in [4.78, 5) is 0. The minimum Gasteiger partial charge on any atom is -0.454 e. The van der Waals surface area contributed by atoms with Crippen LogP contribution in [0.15, 0.2) is 18.2 Å². The molecule has 1 aliphatic heterocycles. The molecule has 1 aliphatic rings. The van der Waals surface area contributed by atoms with E-state index in [1.807, 2.05) is 6.07 Å². The van der Waals surface area contributed by atoms with Crippen molar-refractivity contribution >= 4 is 0 Å². The fourth-order valence-electron chi connectivity index (χ4n) is 1.04. The lowest BCUT2D eigenvalue weighted by atomic mass is 10.3. The summed E-state index contributed by atoms with van der Waals surface area (Å²) in [6.07, 6.45) is 0. The Morgan fingerprint density at radius 3 is 2.91 bits per heavy atom. The molecule has 2 rings (SSSR count). The molecule has 0 aromatic heterocycles. The van der Waals surface area contributed by atoms with E-state index in [4.69, 9.17) is 14.6 Å². The number of hydrogen-bond donors (Lipinski definition) is 1. The smallest absolute Gasteiger partial charge is 0.231 e. The first kappa shape index (κ1) is 6.49. The maximum Gasteiger partial charge on any atom is 0.231 e. The van der Waals surface area contributed by atoms with Crippen LogP contribution in [0.25, 0.3) is 0 Å². The van der Waals surface area contributed by atoms with Crippen molar-refractivity contribution in [2.24, 2.45) is 0 Å². The number of aliphatic hydroxyl groups excluding tert-OH is 1. The third-order valence-corrected chi connectivity index (χ3v) is 1.62. The summed E-state index contributed by atoms with van der Waals surface area (Å²) in [5.74, 6) is 1.47. The lowest BCUT2D eigenvalue weighted by molar-refractivity contribution is 0.174. The van der Waals surface area contributed by atoms with Crippen molar-refractivity contribution in [3.63, 3.8) is 0 Å². The van der Waals surface area contributed by atoms with Crippen LogP contribution in [-0.2, 0) is 6.61 Å². The molecule has 3 nitrogen and oxygen atoms in total. The fraction of sp³-hybridized carbons (Fsp3) is 0.250. The Hall–Kier alpha value is -1.22. The Morgan fingerprint density at radius 2 is 2.09 bits per heavy atom. The van der Waals surface area contributed by atoms with Crippen molar-refractivity contribution < 1.29 is 14.6 Å². The highest BCUT2D eigenvalue weighted by Gasteiger charge is 2.12. The predicted molar refractivity (Wildman–Crippen MR) is 38.5 cm³/mol. The molecule has 0 saturated carbocycles. The predicted octanol–water partition coefficient (Wildman–Crippen LogP) is 0.908. The van der Waals surface area contributed by atoms with E-state index in [0.717, 1.165) is 17.1 Å². The van der Waals surface area contributed by atoms with Gasteiger partial charge < -0.3 is 14.6 Å². The minimum absolute atomic E-state index is 0.0383. The number of ether oxygens (including phenoxy) is 2. The molecule has 1 heterocycles. The standard InChI is InChI=1S/C8H8O3/c9-4-6-1-2-7-8(3-6)11-5-10-7/h1-3,9H,4-5H2/i4+2. The van der Waals surface area contributed by atoms with Crippen molar-refractivity contribution in [2.45, 2.75) is 6.61 Å². The van der Waals surface area contributed by atoms with Gasteiger partial charge in [-0.15, -0.1) is 0 Å². The second kappa shape index (κ2) is 2.43. The number of rotatable bonds is 1. The first-order valence-corrected chi connectivity index (χ1v) is 3.39. The normalized spacial score (nSPS) is 13.5. The molecule has 1 N–H and O–H groups in total. The molecule has 0 aliphatic carbocycles. The van der Waals surface area contributed by atoms with Crippen LogP contribution in [0, 0.1) is 0 Å². The molecule has 0 saturated heterocycles. The third kappa shape index (κ3) is 1.03. The molecule has 11 heavy (non-hydrogen) atoms. The molecule has 58 valence electrons. The summed E-state index contributed by atoms with van der Waals surface area (Å²) in [6.45, 7) is 0.320. The van der Waals surface area contributed by atoms with Gasteiger partial charge in [-0.05, 0) is 17.7 Å². The molecule has 1 aromatic carbocycles. The molecule has 0 spiro atoms. The van der Waals surface area contributed by atoms with Crippen LogP contribution in [0.2, 0.25) is 0 Å². The fourth-order valence-corrected chi connectivity index (χ4v) is 1.04. The van der Waals surface area contributed by atoms with E-state index in [2.05, 4.69) is 0 Å². The highest BCUT2D eigenvalue weighted by Crippen LogP contribution is 2.32. The largest absolute Gasteiger partial charge is 0.454 e. The number of fused-ring (bicyclic) bond motifs is 1. The van der Waals surface area contributed by atoms with Gasteiger partial charge in [0.2, 0.25) is 6.79 Å². The van der Waals surface area contributed by atoms with Crippen molar-refractivity contribution in [3.05, 3.63) is 23.8 Å². The molecule has 1 aromatic rings. The Labute approximate surface area is 64.2 Å². The van der Waals surface area contributed by atoms with E-state index < -0.39 is 0 Å². The van der Waals surface area contributed by atoms with Crippen LogP contribution in [0.3, 0.4) is 0 Å². The number of benzene rings is 1.